The molecule has 0 amide bonds. The Balaban J connectivity index is 2.86. The zero-order valence-electron chi connectivity index (χ0n) is 6.90. The van der Waals surface area contributed by atoms with Crippen LogP contribution in [0.3, 0.4) is 0 Å². The summed E-state index contributed by atoms with van der Waals surface area (Å²) in [5.41, 5.74) is 0. The maximum absolute atomic E-state index is 8.52. The quantitative estimate of drug-likeness (QED) is 0.775. The van der Waals surface area contributed by atoms with Crippen molar-refractivity contribution in [3.8, 4) is 11.5 Å². The van der Waals surface area contributed by atoms with Gasteiger partial charge >= 0.3 is 7.32 Å². The molecule has 0 aliphatic carbocycles. The second kappa shape index (κ2) is 4.50. The van der Waals surface area contributed by atoms with Crippen LogP contribution in [0.15, 0.2) is 22.7 Å². The van der Waals surface area contributed by atoms with E-state index in [4.69, 9.17) is 14.8 Å². The molecule has 0 aromatic heterocycles. The van der Waals surface area contributed by atoms with Gasteiger partial charge in [0.15, 0.2) is 0 Å². The molecule has 0 unspecified atom stereocenters. The monoisotopic (exact) mass is 246 g/mol. The van der Waals surface area contributed by atoms with Gasteiger partial charge in [-0.15, -0.1) is 0 Å². The smallest absolute Gasteiger partial charge is 0.512 e. The van der Waals surface area contributed by atoms with E-state index in [1.54, 1.807) is 18.2 Å². The first kappa shape index (κ1) is 10.4. The Bertz CT molecular complexity index is 292. The van der Waals surface area contributed by atoms with E-state index in [1.165, 1.54) is 7.11 Å². The number of ether oxygens (including phenoxy) is 1. The summed E-state index contributed by atoms with van der Waals surface area (Å²) in [4.78, 5) is 0. The lowest BCUT2D eigenvalue weighted by Gasteiger charge is -2.07. The van der Waals surface area contributed by atoms with Gasteiger partial charge in [-0.3, -0.25) is 0 Å². The molecule has 0 saturated carbocycles. The normalized spacial score (nSPS) is 9.54. The fourth-order valence-corrected chi connectivity index (χ4v) is 1.24. The Morgan fingerprint density at radius 1 is 1.38 bits per heavy atom. The van der Waals surface area contributed by atoms with Crippen LogP contribution in [0, 0.1) is 0 Å². The van der Waals surface area contributed by atoms with Crippen LogP contribution < -0.4 is 9.39 Å². The summed E-state index contributed by atoms with van der Waals surface area (Å²) in [6, 6.07) is 4.83. The van der Waals surface area contributed by atoms with E-state index in [2.05, 4.69) is 20.6 Å². The maximum Gasteiger partial charge on any atom is 0.707 e. The minimum atomic E-state index is -1.81. The highest BCUT2D eigenvalue weighted by molar-refractivity contribution is 9.10. The van der Waals surface area contributed by atoms with Crippen LogP contribution in [-0.2, 0) is 0 Å². The van der Waals surface area contributed by atoms with Crippen LogP contribution in [0.2, 0.25) is 0 Å². The van der Waals surface area contributed by atoms with Gasteiger partial charge in [0, 0.05) is 6.07 Å². The van der Waals surface area contributed by atoms with Gasteiger partial charge in [0.2, 0.25) is 0 Å². The Hall–Kier alpha value is -0.715. The van der Waals surface area contributed by atoms with Gasteiger partial charge in [-0.05, 0) is 28.1 Å². The van der Waals surface area contributed by atoms with Crippen LogP contribution in [0.25, 0.3) is 0 Å². The fraction of sp³-hybridized carbons (Fsp3) is 0.143. The highest BCUT2D eigenvalue weighted by Crippen LogP contribution is 2.28. The van der Waals surface area contributed by atoms with Crippen LogP contribution in [-0.4, -0.2) is 24.5 Å². The molecular weight excluding hydrogens is 239 g/mol. The largest absolute Gasteiger partial charge is 0.707 e. The molecule has 0 aliphatic rings. The molecule has 0 saturated heterocycles. The Kier molecular flexibility index (Phi) is 3.59. The number of hydrogen-bond donors (Lipinski definition) is 2. The van der Waals surface area contributed by atoms with E-state index in [-0.39, 0.29) is 0 Å². The first-order valence-electron chi connectivity index (χ1n) is 3.50. The highest BCUT2D eigenvalue weighted by Gasteiger charge is 2.12. The molecule has 1 rings (SSSR count). The Morgan fingerprint density at radius 2 is 2.08 bits per heavy atom. The van der Waals surface area contributed by atoms with Crippen LogP contribution >= 0.6 is 15.9 Å². The zero-order chi connectivity index (χ0) is 9.84. The lowest BCUT2D eigenvalue weighted by atomic mass is 10.2. The van der Waals surface area contributed by atoms with Crippen molar-refractivity contribution in [1.29, 1.82) is 0 Å². The molecule has 0 aliphatic heterocycles. The average Bonchev–Trinajstić information content (AvgIpc) is 2.07. The van der Waals surface area contributed by atoms with Gasteiger partial charge in [0.25, 0.3) is 0 Å². The topological polar surface area (TPSA) is 58.9 Å². The third-order valence-electron chi connectivity index (χ3n) is 1.36. The molecule has 0 radical (unpaired) electrons. The van der Waals surface area contributed by atoms with E-state index < -0.39 is 7.32 Å². The van der Waals surface area contributed by atoms with Crippen molar-refractivity contribution in [3.63, 3.8) is 0 Å². The first-order valence-corrected chi connectivity index (χ1v) is 4.29. The molecule has 0 bridgehead atoms. The molecule has 13 heavy (non-hydrogen) atoms. The third-order valence-corrected chi connectivity index (χ3v) is 2.02. The minimum absolute atomic E-state index is 0.329. The predicted molar refractivity (Wildman–Crippen MR) is 51.5 cm³/mol. The number of methoxy groups -OCH3 is 1. The second-order valence-electron chi connectivity index (χ2n) is 2.24. The van der Waals surface area contributed by atoms with E-state index in [1.807, 2.05) is 0 Å². The Morgan fingerprint density at radius 3 is 2.62 bits per heavy atom. The predicted octanol–water partition coefficient (Wildman–Crippen LogP) is 0.806. The summed E-state index contributed by atoms with van der Waals surface area (Å²) in [5, 5.41) is 17.0. The van der Waals surface area contributed by atoms with E-state index in [9.17, 15) is 0 Å². The average molecular weight is 247 g/mol. The van der Waals surface area contributed by atoms with Gasteiger partial charge < -0.3 is 19.4 Å². The van der Waals surface area contributed by atoms with Gasteiger partial charge in [-0.2, -0.15) is 0 Å². The summed E-state index contributed by atoms with van der Waals surface area (Å²) in [7, 11) is -0.301. The van der Waals surface area contributed by atoms with Crippen LogP contribution in [0.4, 0.5) is 0 Å². The van der Waals surface area contributed by atoms with Crippen LogP contribution in [0.1, 0.15) is 0 Å². The van der Waals surface area contributed by atoms with Crippen molar-refractivity contribution in [2.45, 2.75) is 0 Å². The second-order valence-corrected chi connectivity index (χ2v) is 3.09. The number of hydrogen-bond acceptors (Lipinski definition) is 4. The highest BCUT2D eigenvalue weighted by atomic mass is 79.9. The number of rotatable bonds is 3. The summed E-state index contributed by atoms with van der Waals surface area (Å²) in [5.74, 6) is 0.896. The van der Waals surface area contributed by atoms with Crippen LogP contribution in [0.5, 0.6) is 11.5 Å². The van der Waals surface area contributed by atoms with Crippen molar-refractivity contribution < 1.29 is 19.4 Å². The van der Waals surface area contributed by atoms with Gasteiger partial charge in [-0.25, -0.2) is 0 Å². The summed E-state index contributed by atoms with van der Waals surface area (Å²) >= 11 is 3.25. The van der Waals surface area contributed by atoms with E-state index in [0.29, 0.717) is 11.5 Å². The van der Waals surface area contributed by atoms with Gasteiger partial charge in [0.1, 0.15) is 11.5 Å². The van der Waals surface area contributed by atoms with Gasteiger partial charge in [-0.1, -0.05) is 0 Å². The molecule has 6 heteroatoms. The molecule has 0 atom stereocenters. The molecule has 4 nitrogen and oxygen atoms in total. The van der Waals surface area contributed by atoms with E-state index in [0.717, 1.165) is 4.47 Å². The standard InChI is InChI=1S/C7H8BBrO4/c1-12-7-4-5(13-8(10)11)2-3-6(7)9/h2-4,10-11H,1H3. The molecule has 70 valence electrons. The van der Waals surface area contributed by atoms with Crippen molar-refractivity contribution in [1.82, 2.24) is 0 Å². The molecule has 0 heterocycles. The molecule has 1 aromatic carbocycles. The minimum Gasteiger partial charge on any atom is -0.512 e. The summed E-state index contributed by atoms with van der Waals surface area (Å²) in [6.45, 7) is 0. The molecule has 0 spiro atoms. The SMILES string of the molecule is COc1cc(OB(O)O)ccc1Br. The third kappa shape index (κ3) is 2.91. The fourth-order valence-electron chi connectivity index (χ4n) is 0.835. The lowest BCUT2D eigenvalue weighted by Crippen LogP contribution is -2.20. The van der Waals surface area contributed by atoms with Crippen molar-refractivity contribution >= 4 is 23.3 Å². The van der Waals surface area contributed by atoms with E-state index >= 15 is 0 Å². The molecular formula is C7H8BBrO4. The lowest BCUT2D eigenvalue weighted by molar-refractivity contribution is 0.287. The number of halogens is 1. The zero-order valence-corrected chi connectivity index (χ0v) is 8.48. The summed E-state index contributed by atoms with van der Waals surface area (Å²) in [6.07, 6.45) is 0. The van der Waals surface area contributed by atoms with Crippen molar-refractivity contribution in [2.24, 2.45) is 0 Å². The van der Waals surface area contributed by atoms with Gasteiger partial charge in [0.05, 0.1) is 11.6 Å². The molecule has 1 aromatic rings. The molecule has 2 N–H and O–H groups in total. The summed E-state index contributed by atoms with van der Waals surface area (Å²) < 4.78 is 10.4. The Labute approximate surface area is 84.4 Å². The number of benzene rings is 1. The van der Waals surface area contributed by atoms with Crippen molar-refractivity contribution in [2.75, 3.05) is 7.11 Å². The maximum atomic E-state index is 8.52. The van der Waals surface area contributed by atoms with Crippen molar-refractivity contribution in [3.05, 3.63) is 22.7 Å². The molecule has 0 fully saturated rings. The first-order chi connectivity index (χ1) is 6.13.